The predicted octanol–water partition coefficient (Wildman–Crippen LogP) is 3.52. The second-order valence-corrected chi connectivity index (χ2v) is 6.95. The van der Waals surface area contributed by atoms with E-state index in [4.69, 9.17) is 4.52 Å². The van der Waals surface area contributed by atoms with Crippen molar-refractivity contribution in [1.82, 2.24) is 25.0 Å². The highest BCUT2D eigenvalue weighted by Crippen LogP contribution is 2.32. The van der Waals surface area contributed by atoms with Crippen LogP contribution in [0.5, 0.6) is 0 Å². The number of para-hydroxylation sites is 1. The number of carbonyl (C=O) groups is 1. The van der Waals surface area contributed by atoms with Crippen LogP contribution in [0, 0.1) is 0 Å². The third-order valence-corrected chi connectivity index (χ3v) is 5.21. The van der Waals surface area contributed by atoms with Gasteiger partial charge in [-0.2, -0.15) is 4.98 Å². The van der Waals surface area contributed by atoms with E-state index in [1.54, 1.807) is 6.20 Å². The van der Waals surface area contributed by atoms with Crippen LogP contribution in [0.4, 0.5) is 0 Å². The Labute approximate surface area is 161 Å². The van der Waals surface area contributed by atoms with Crippen molar-refractivity contribution in [2.75, 3.05) is 6.54 Å². The predicted molar refractivity (Wildman–Crippen MR) is 103 cm³/mol. The lowest BCUT2D eigenvalue weighted by molar-refractivity contribution is -0.131. The quantitative estimate of drug-likeness (QED) is 0.591. The van der Waals surface area contributed by atoms with Gasteiger partial charge < -0.3 is 14.4 Å². The van der Waals surface area contributed by atoms with E-state index in [-0.39, 0.29) is 11.9 Å². The number of rotatable bonds is 4. The summed E-state index contributed by atoms with van der Waals surface area (Å²) in [6.07, 6.45) is 5.70. The van der Waals surface area contributed by atoms with Gasteiger partial charge >= 0.3 is 0 Å². The van der Waals surface area contributed by atoms with E-state index in [0.29, 0.717) is 30.4 Å². The summed E-state index contributed by atoms with van der Waals surface area (Å²) in [5.41, 5.74) is 2.71. The Morgan fingerprint density at radius 3 is 3.00 bits per heavy atom. The summed E-state index contributed by atoms with van der Waals surface area (Å²) in [6, 6.07) is 13.4. The summed E-state index contributed by atoms with van der Waals surface area (Å²) < 4.78 is 5.49. The Bertz CT molecular complexity index is 1120. The van der Waals surface area contributed by atoms with Gasteiger partial charge in [-0.05, 0) is 36.6 Å². The number of aromatic amines is 1. The first kappa shape index (κ1) is 16.7. The number of benzene rings is 1. The summed E-state index contributed by atoms with van der Waals surface area (Å²) in [7, 11) is 0. The van der Waals surface area contributed by atoms with Crippen LogP contribution in [0.1, 0.15) is 30.3 Å². The number of pyridine rings is 1. The molecular formula is C21H19N5O2. The Kier molecular flexibility index (Phi) is 4.12. The van der Waals surface area contributed by atoms with Gasteiger partial charge in [0.1, 0.15) is 11.7 Å². The molecule has 7 nitrogen and oxygen atoms in total. The molecule has 0 bridgehead atoms. The molecule has 1 aliphatic heterocycles. The zero-order chi connectivity index (χ0) is 18.9. The van der Waals surface area contributed by atoms with Crippen LogP contribution in [0.3, 0.4) is 0 Å². The lowest BCUT2D eigenvalue weighted by Gasteiger charge is -2.21. The third-order valence-electron chi connectivity index (χ3n) is 5.21. The van der Waals surface area contributed by atoms with Gasteiger partial charge in [-0.15, -0.1) is 0 Å². The molecule has 1 N–H and O–H groups in total. The number of nitrogens with zero attached hydrogens (tertiary/aromatic N) is 4. The Morgan fingerprint density at radius 2 is 2.11 bits per heavy atom. The molecular weight excluding hydrogens is 354 g/mol. The highest BCUT2D eigenvalue weighted by Gasteiger charge is 2.34. The van der Waals surface area contributed by atoms with Crippen LogP contribution >= 0.6 is 0 Å². The van der Waals surface area contributed by atoms with Crippen molar-refractivity contribution in [1.29, 1.82) is 0 Å². The monoisotopic (exact) mass is 373 g/mol. The number of fused-ring (bicyclic) bond motifs is 1. The zero-order valence-electron chi connectivity index (χ0n) is 15.2. The number of likely N-dealkylation sites (tertiary alicyclic amines) is 1. The first-order valence-electron chi connectivity index (χ1n) is 9.39. The molecule has 3 aromatic heterocycles. The molecule has 1 atom stereocenters. The average molecular weight is 373 g/mol. The fraction of sp³-hybridized carbons (Fsp3) is 0.238. The van der Waals surface area contributed by atoms with Gasteiger partial charge in [-0.3, -0.25) is 9.78 Å². The molecule has 140 valence electrons. The van der Waals surface area contributed by atoms with E-state index in [1.807, 2.05) is 53.6 Å². The fourth-order valence-corrected chi connectivity index (χ4v) is 3.83. The molecule has 0 unspecified atom stereocenters. The summed E-state index contributed by atoms with van der Waals surface area (Å²) in [5, 5.41) is 5.13. The SMILES string of the molecule is O=C(Cc1c[nH]c2ccccc12)N1CCC[C@@H]1c1nc(-c2ccccn2)no1. The molecule has 1 fully saturated rings. The molecule has 0 spiro atoms. The highest BCUT2D eigenvalue weighted by molar-refractivity contribution is 5.89. The lowest BCUT2D eigenvalue weighted by Crippen LogP contribution is -2.32. The molecule has 7 heteroatoms. The number of aromatic nitrogens is 4. The van der Waals surface area contributed by atoms with Crippen LogP contribution < -0.4 is 0 Å². The Balaban J connectivity index is 1.37. The van der Waals surface area contributed by atoms with Gasteiger partial charge in [-0.25, -0.2) is 0 Å². The summed E-state index contributed by atoms with van der Waals surface area (Å²) in [6.45, 7) is 0.702. The maximum atomic E-state index is 13.0. The van der Waals surface area contributed by atoms with Crippen molar-refractivity contribution in [2.45, 2.75) is 25.3 Å². The van der Waals surface area contributed by atoms with Crippen molar-refractivity contribution >= 4 is 16.8 Å². The van der Waals surface area contributed by atoms with E-state index in [1.165, 1.54) is 0 Å². The van der Waals surface area contributed by atoms with Crippen molar-refractivity contribution in [2.24, 2.45) is 0 Å². The van der Waals surface area contributed by atoms with Crippen molar-refractivity contribution in [3.05, 3.63) is 66.3 Å². The van der Waals surface area contributed by atoms with Gasteiger partial charge in [0.2, 0.25) is 17.6 Å². The largest absolute Gasteiger partial charge is 0.361 e. The van der Waals surface area contributed by atoms with Gasteiger partial charge in [0, 0.05) is 29.8 Å². The molecule has 28 heavy (non-hydrogen) atoms. The molecule has 0 saturated carbocycles. The maximum absolute atomic E-state index is 13.0. The number of H-pyrrole nitrogens is 1. The topological polar surface area (TPSA) is 87.9 Å². The molecule has 1 aliphatic rings. The van der Waals surface area contributed by atoms with Gasteiger partial charge in [0.25, 0.3) is 0 Å². The number of hydrogen-bond acceptors (Lipinski definition) is 5. The zero-order valence-corrected chi connectivity index (χ0v) is 15.2. The number of hydrogen-bond donors (Lipinski definition) is 1. The fourth-order valence-electron chi connectivity index (χ4n) is 3.83. The smallest absolute Gasteiger partial charge is 0.249 e. The van der Waals surface area contributed by atoms with Gasteiger partial charge in [0.15, 0.2) is 0 Å². The number of nitrogens with one attached hydrogen (secondary N) is 1. The lowest BCUT2D eigenvalue weighted by atomic mass is 10.1. The number of carbonyl (C=O) groups excluding carboxylic acids is 1. The first-order valence-corrected chi connectivity index (χ1v) is 9.39. The van der Waals surface area contributed by atoms with E-state index in [9.17, 15) is 4.79 Å². The molecule has 4 heterocycles. The second-order valence-electron chi connectivity index (χ2n) is 6.95. The number of amides is 1. The molecule has 1 aromatic carbocycles. The minimum absolute atomic E-state index is 0.0739. The average Bonchev–Trinajstić information content (AvgIpc) is 3.48. The van der Waals surface area contributed by atoms with Crippen LogP contribution in [0.25, 0.3) is 22.4 Å². The Morgan fingerprint density at radius 1 is 1.21 bits per heavy atom. The van der Waals surface area contributed by atoms with Crippen LogP contribution in [-0.2, 0) is 11.2 Å². The van der Waals surface area contributed by atoms with Crippen molar-refractivity contribution in [3.63, 3.8) is 0 Å². The molecule has 4 aromatic rings. The maximum Gasteiger partial charge on any atom is 0.249 e. The second kappa shape index (κ2) is 6.92. The van der Waals surface area contributed by atoms with Gasteiger partial charge in [0.05, 0.1) is 6.42 Å². The molecule has 0 aliphatic carbocycles. The Hall–Kier alpha value is -3.48. The first-order chi connectivity index (χ1) is 13.8. The van der Waals surface area contributed by atoms with Gasteiger partial charge in [-0.1, -0.05) is 29.4 Å². The molecule has 5 rings (SSSR count). The van der Waals surface area contributed by atoms with Crippen LogP contribution in [0.15, 0.2) is 59.4 Å². The van der Waals surface area contributed by atoms with Crippen LogP contribution in [-0.4, -0.2) is 37.5 Å². The molecule has 1 saturated heterocycles. The highest BCUT2D eigenvalue weighted by atomic mass is 16.5. The summed E-state index contributed by atoms with van der Waals surface area (Å²) >= 11 is 0. The summed E-state index contributed by atoms with van der Waals surface area (Å²) in [4.78, 5) is 26.9. The van der Waals surface area contributed by atoms with E-state index < -0.39 is 0 Å². The molecule has 1 amide bonds. The third kappa shape index (κ3) is 2.94. The van der Waals surface area contributed by atoms with Crippen molar-refractivity contribution < 1.29 is 9.32 Å². The normalized spacial score (nSPS) is 16.7. The molecule has 0 radical (unpaired) electrons. The van der Waals surface area contributed by atoms with E-state index >= 15 is 0 Å². The minimum Gasteiger partial charge on any atom is -0.361 e. The van der Waals surface area contributed by atoms with Crippen molar-refractivity contribution in [3.8, 4) is 11.5 Å². The summed E-state index contributed by atoms with van der Waals surface area (Å²) in [5.74, 6) is 1.00. The minimum atomic E-state index is -0.178. The van der Waals surface area contributed by atoms with E-state index in [0.717, 1.165) is 29.3 Å². The van der Waals surface area contributed by atoms with E-state index in [2.05, 4.69) is 20.1 Å². The standard InChI is InChI=1S/C21H19N5O2/c27-19(12-14-13-23-16-7-2-1-6-15(14)16)26-11-5-9-18(26)21-24-20(25-28-21)17-8-3-4-10-22-17/h1-4,6-8,10,13,18,23H,5,9,11-12H2/t18-/m1/s1. The van der Waals surface area contributed by atoms with Crippen LogP contribution in [0.2, 0.25) is 0 Å².